The van der Waals surface area contributed by atoms with Crippen molar-refractivity contribution < 1.29 is 18.7 Å². The van der Waals surface area contributed by atoms with Crippen molar-refractivity contribution in [1.82, 2.24) is 29.7 Å². The second-order valence-electron chi connectivity index (χ2n) is 6.40. The molecular weight excluding hydrogens is 441 g/mol. The quantitative estimate of drug-likeness (QED) is 0.429. The molecule has 1 unspecified atom stereocenters. The summed E-state index contributed by atoms with van der Waals surface area (Å²) in [7, 11) is 0. The molecule has 0 saturated carbocycles. The summed E-state index contributed by atoms with van der Waals surface area (Å²) in [5, 5.41) is 7.69. The summed E-state index contributed by atoms with van der Waals surface area (Å²) in [6.45, 7) is 2.12. The normalized spacial score (nSPS) is 12.0. The van der Waals surface area contributed by atoms with Crippen LogP contribution < -0.4 is 10.1 Å². The van der Waals surface area contributed by atoms with Gasteiger partial charge in [0.05, 0.1) is 24.0 Å². The summed E-state index contributed by atoms with van der Waals surface area (Å²) in [6, 6.07) is 5.91. The molecule has 12 heteroatoms. The maximum absolute atomic E-state index is 13.1. The number of hydrogen-bond acceptors (Lipinski definition) is 8. The average molecular weight is 458 g/mol. The van der Waals surface area contributed by atoms with E-state index in [-0.39, 0.29) is 18.3 Å². The van der Waals surface area contributed by atoms with E-state index in [4.69, 9.17) is 21.1 Å². The standard InChI is InChI=1S/C20H17ClFN7O3/c1-2-31-10-15(19(30)28-16-6-5-12(22)8-24-16)32-20-13-9-27-29(17(13)25-11-26-20)18-14(21)4-3-7-23-18/h3-9,11,15H,2,10H2,1H3,(H,24,28,30). The van der Waals surface area contributed by atoms with Crippen LogP contribution in [0.3, 0.4) is 0 Å². The molecule has 0 saturated heterocycles. The minimum Gasteiger partial charge on any atom is -0.461 e. The lowest BCUT2D eigenvalue weighted by atomic mass is 10.3. The van der Waals surface area contributed by atoms with E-state index < -0.39 is 17.8 Å². The molecule has 164 valence electrons. The van der Waals surface area contributed by atoms with Crippen LogP contribution in [0.15, 0.2) is 49.2 Å². The smallest absolute Gasteiger partial charge is 0.269 e. The third-order valence-electron chi connectivity index (χ3n) is 4.27. The zero-order valence-corrected chi connectivity index (χ0v) is 17.5. The van der Waals surface area contributed by atoms with Gasteiger partial charge in [0, 0.05) is 12.8 Å². The lowest BCUT2D eigenvalue weighted by Gasteiger charge is -2.18. The van der Waals surface area contributed by atoms with Gasteiger partial charge in [-0.15, -0.1) is 0 Å². The minimum absolute atomic E-state index is 0.0464. The zero-order valence-electron chi connectivity index (χ0n) is 16.8. The highest BCUT2D eigenvalue weighted by atomic mass is 35.5. The summed E-state index contributed by atoms with van der Waals surface area (Å²) in [4.78, 5) is 29.2. The van der Waals surface area contributed by atoms with Crippen LogP contribution in [-0.4, -0.2) is 54.9 Å². The van der Waals surface area contributed by atoms with E-state index in [1.54, 1.807) is 25.3 Å². The van der Waals surface area contributed by atoms with Crippen LogP contribution in [-0.2, 0) is 9.53 Å². The van der Waals surface area contributed by atoms with Crippen molar-refractivity contribution in [2.75, 3.05) is 18.5 Å². The number of anilines is 1. The van der Waals surface area contributed by atoms with Crippen LogP contribution in [0.5, 0.6) is 5.88 Å². The van der Waals surface area contributed by atoms with Gasteiger partial charge in [0.1, 0.15) is 23.3 Å². The van der Waals surface area contributed by atoms with Gasteiger partial charge in [-0.3, -0.25) is 4.79 Å². The average Bonchev–Trinajstić information content (AvgIpc) is 3.23. The van der Waals surface area contributed by atoms with Gasteiger partial charge < -0.3 is 14.8 Å². The first-order chi connectivity index (χ1) is 15.6. The van der Waals surface area contributed by atoms with Gasteiger partial charge in [-0.2, -0.15) is 9.78 Å². The molecule has 0 aliphatic heterocycles. The van der Waals surface area contributed by atoms with Crippen LogP contribution >= 0.6 is 11.6 Å². The molecule has 0 bridgehead atoms. The molecule has 4 rings (SSSR count). The summed E-state index contributed by atoms with van der Waals surface area (Å²) < 4.78 is 25.8. The molecule has 1 N–H and O–H groups in total. The lowest BCUT2D eigenvalue weighted by Crippen LogP contribution is -2.37. The van der Waals surface area contributed by atoms with Crippen LogP contribution in [0.25, 0.3) is 16.9 Å². The number of amides is 1. The molecule has 10 nitrogen and oxygen atoms in total. The van der Waals surface area contributed by atoms with Crippen LogP contribution in [0.2, 0.25) is 5.02 Å². The Morgan fingerprint density at radius 1 is 1.22 bits per heavy atom. The maximum Gasteiger partial charge on any atom is 0.269 e. The van der Waals surface area contributed by atoms with Gasteiger partial charge in [0.25, 0.3) is 5.91 Å². The number of carbonyl (C=O) groups is 1. The molecule has 0 aliphatic carbocycles. The molecule has 1 atom stereocenters. The Bertz CT molecular complexity index is 1240. The van der Waals surface area contributed by atoms with Gasteiger partial charge in [-0.05, 0) is 31.2 Å². The Hall–Kier alpha value is -3.70. The first-order valence-corrected chi connectivity index (χ1v) is 9.91. The number of pyridine rings is 2. The number of fused-ring (bicyclic) bond motifs is 1. The number of rotatable bonds is 8. The molecule has 4 aromatic heterocycles. The highest BCUT2D eigenvalue weighted by molar-refractivity contribution is 6.32. The maximum atomic E-state index is 13.1. The molecule has 0 radical (unpaired) electrons. The molecule has 0 spiro atoms. The van der Waals surface area contributed by atoms with Crippen LogP contribution in [0, 0.1) is 5.82 Å². The monoisotopic (exact) mass is 457 g/mol. The Balaban J connectivity index is 1.62. The van der Waals surface area contributed by atoms with E-state index in [2.05, 4.69) is 30.4 Å². The van der Waals surface area contributed by atoms with Crippen molar-refractivity contribution in [3.63, 3.8) is 0 Å². The summed E-state index contributed by atoms with van der Waals surface area (Å²) in [6.07, 6.45) is 4.29. The van der Waals surface area contributed by atoms with Crippen molar-refractivity contribution in [2.24, 2.45) is 0 Å². The van der Waals surface area contributed by atoms with Crippen molar-refractivity contribution in [2.45, 2.75) is 13.0 Å². The molecule has 0 aliphatic rings. The van der Waals surface area contributed by atoms with E-state index in [9.17, 15) is 9.18 Å². The number of ether oxygens (including phenoxy) is 2. The van der Waals surface area contributed by atoms with Crippen molar-refractivity contribution in [3.8, 4) is 11.7 Å². The third kappa shape index (κ3) is 4.63. The first kappa shape index (κ1) is 21.5. The summed E-state index contributed by atoms with van der Waals surface area (Å²) in [5.74, 6) is -0.366. The Morgan fingerprint density at radius 2 is 2.09 bits per heavy atom. The van der Waals surface area contributed by atoms with Crippen LogP contribution in [0.4, 0.5) is 10.2 Å². The lowest BCUT2D eigenvalue weighted by molar-refractivity contribution is -0.125. The predicted octanol–water partition coefficient (Wildman–Crippen LogP) is 2.82. The van der Waals surface area contributed by atoms with E-state index in [1.807, 2.05) is 0 Å². The molecule has 0 aromatic carbocycles. The number of carbonyl (C=O) groups excluding carboxylic acids is 1. The van der Waals surface area contributed by atoms with Gasteiger partial charge >= 0.3 is 0 Å². The van der Waals surface area contributed by atoms with Gasteiger partial charge in [0.2, 0.25) is 12.0 Å². The highest BCUT2D eigenvalue weighted by Gasteiger charge is 2.24. The number of aromatic nitrogens is 6. The number of nitrogens with one attached hydrogen (secondary N) is 1. The predicted molar refractivity (Wildman–Crippen MR) is 113 cm³/mol. The SMILES string of the molecule is CCOCC(Oc1ncnc2c1cnn2-c1ncccc1Cl)C(=O)Nc1ccc(F)cn1. The number of nitrogens with zero attached hydrogens (tertiary/aromatic N) is 6. The molecule has 1 amide bonds. The van der Waals surface area contributed by atoms with Crippen molar-refractivity contribution in [3.05, 3.63) is 60.0 Å². The van der Waals surface area contributed by atoms with Crippen molar-refractivity contribution in [1.29, 1.82) is 0 Å². The Kier molecular flexibility index (Phi) is 6.47. The zero-order chi connectivity index (χ0) is 22.5. The van der Waals surface area contributed by atoms with Crippen LogP contribution in [0.1, 0.15) is 6.92 Å². The third-order valence-corrected chi connectivity index (χ3v) is 4.56. The largest absolute Gasteiger partial charge is 0.461 e. The van der Waals surface area contributed by atoms with Gasteiger partial charge in [0.15, 0.2) is 11.5 Å². The van der Waals surface area contributed by atoms with Crippen molar-refractivity contribution >= 4 is 34.4 Å². The minimum atomic E-state index is -1.07. The molecular formula is C20H17ClFN7O3. The molecule has 0 fully saturated rings. The van der Waals surface area contributed by atoms with E-state index in [0.29, 0.717) is 28.5 Å². The van der Waals surface area contributed by atoms with E-state index in [0.717, 1.165) is 6.20 Å². The second-order valence-corrected chi connectivity index (χ2v) is 6.81. The number of halogens is 2. The number of hydrogen-bond donors (Lipinski definition) is 1. The van der Waals surface area contributed by atoms with E-state index >= 15 is 0 Å². The molecule has 32 heavy (non-hydrogen) atoms. The molecule has 4 aromatic rings. The fourth-order valence-electron chi connectivity index (χ4n) is 2.78. The molecule has 4 heterocycles. The van der Waals surface area contributed by atoms with E-state index in [1.165, 1.54) is 29.3 Å². The Labute approximate surface area is 186 Å². The summed E-state index contributed by atoms with van der Waals surface area (Å²) >= 11 is 6.23. The fraction of sp³-hybridized carbons (Fsp3) is 0.200. The summed E-state index contributed by atoms with van der Waals surface area (Å²) in [5.41, 5.74) is 0.395. The first-order valence-electron chi connectivity index (χ1n) is 9.53. The fourth-order valence-corrected chi connectivity index (χ4v) is 2.99. The second kappa shape index (κ2) is 9.62. The van der Waals surface area contributed by atoms with Gasteiger partial charge in [-0.25, -0.2) is 24.3 Å². The Morgan fingerprint density at radius 3 is 2.84 bits per heavy atom. The van der Waals surface area contributed by atoms with Gasteiger partial charge in [-0.1, -0.05) is 11.6 Å². The highest BCUT2D eigenvalue weighted by Crippen LogP contribution is 2.26. The topological polar surface area (TPSA) is 117 Å².